The van der Waals surface area contributed by atoms with Crippen LogP contribution in [0, 0.1) is 0 Å². The Kier molecular flexibility index (Phi) is 3.86. The highest BCUT2D eigenvalue weighted by atomic mass is 16.2. The first-order valence-corrected chi connectivity index (χ1v) is 6.72. The Balaban J connectivity index is 1.64. The molecule has 1 aromatic carbocycles. The van der Waals surface area contributed by atoms with Crippen molar-refractivity contribution in [2.75, 3.05) is 0 Å². The van der Waals surface area contributed by atoms with E-state index in [4.69, 9.17) is 0 Å². The maximum atomic E-state index is 11.9. The first-order valence-electron chi connectivity index (χ1n) is 6.72. The maximum absolute atomic E-state index is 11.9. The van der Waals surface area contributed by atoms with Crippen LogP contribution in [0.3, 0.4) is 0 Å². The third-order valence-corrected chi connectivity index (χ3v) is 3.19. The molecule has 2 aromatic heterocycles. The number of H-pyrrole nitrogens is 1. The lowest BCUT2D eigenvalue weighted by atomic mass is 10.1. The Hall–Kier alpha value is -3.09. The Morgan fingerprint density at radius 3 is 2.64 bits per heavy atom. The Bertz CT molecular complexity index is 777. The fourth-order valence-electron chi connectivity index (χ4n) is 2.14. The van der Waals surface area contributed by atoms with Crippen LogP contribution in [-0.4, -0.2) is 36.8 Å². The van der Waals surface area contributed by atoms with E-state index in [9.17, 15) is 9.59 Å². The number of aromatic nitrogens is 5. The zero-order valence-corrected chi connectivity index (χ0v) is 11.6. The van der Waals surface area contributed by atoms with Gasteiger partial charge in [-0.05, 0) is 22.4 Å². The van der Waals surface area contributed by atoms with Crippen LogP contribution in [0.1, 0.15) is 21.7 Å². The van der Waals surface area contributed by atoms with Gasteiger partial charge in [-0.25, -0.2) is 0 Å². The molecule has 0 radical (unpaired) electrons. The zero-order valence-electron chi connectivity index (χ0n) is 11.6. The van der Waals surface area contributed by atoms with Gasteiger partial charge in [-0.2, -0.15) is 5.21 Å². The number of rotatable bonds is 6. The van der Waals surface area contributed by atoms with Gasteiger partial charge in [-0.3, -0.25) is 9.59 Å². The Labute approximate surface area is 126 Å². The van der Waals surface area contributed by atoms with Gasteiger partial charge in [0.05, 0.1) is 0 Å². The molecule has 0 bridgehead atoms. The van der Waals surface area contributed by atoms with Gasteiger partial charge in [0, 0.05) is 25.4 Å². The van der Waals surface area contributed by atoms with Gasteiger partial charge in [0.25, 0.3) is 5.78 Å². The maximum Gasteiger partial charge on any atom is 0.269 e. The van der Waals surface area contributed by atoms with Crippen molar-refractivity contribution in [3.05, 3.63) is 65.7 Å². The number of benzene rings is 1. The van der Waals surface area contributed by atoms with Crippen molar-refractivity contribution in [2.24, 2.45) is 0 Å². The number of nitrogens with zero attached hydrogens (tertiary/aromatic N) is 4. The molecule has 0 saturated carbocycles. The number of carbonyl (C=O) groups excluding carboxylic acids is 2. The molecular weight excluding hydrogens is 282 g/mol. The third-order valence-electron chi connectivity index (χ3n) is 3.19. The van der Waals surface area contributed by atoms with Gasteiger partial charge in [-0.15, -0.1) is 10.2 Å². The average molecular weight is 295 g/mol. The van der Waals surface area contributed by atoms with E-state index >= 15 is 0 Å². The molecule has 0 aliphatic carbocycles. The molecule has 0 spiro atoms. The number of Topliss-reactive ketones (excluding diaryl/α,β-unsaturated/α-hetero) is 2. The van der Waals surface area contributed by atoms with Crippen LogP contribution in [0.25, 0.3) is 0 Å². The second kappa shape index (κ2) is 6.13. The molecule has 0 aliphatic rings. The first-order chi connectivity index (χ1) is 10.7. The van der Waals surface area contributed by atoms with Gasteiger partial charge < -0.3 is 4.57 Å². The minimum absolute atomic E-state index is 0.0230. The van der Waals surface area contributed by atoms with Gasteiger partial charge >= 0.3 is 0 Å². The summed E-state index contributed by atoms with van der Waals surface area (Å²) < 4.78 is 1.97. The summed E-state index contributed by atoms with van der Waals surface area (Å²) in [6, 6.07) is 11.8. The second-order valence-corrected chi connectivity index (χ2v) is 4.84. The van der Waals surface area contributed by atoms with E-state index in [0.717, 1.165) is 5.56 Å². The highest BCUT2D eigenvalue weighted by molar-refractivity contribution is 6.43. The number of hydrogen-bond acceptors (Lipinski definition) is 5. The molecule has 0 aliphatic heterocycles. The number of ketones is 2. The quantitative estimate of drug-likeness (QED) is 0.542. The fraction of sp³-hybridized carbons (Fsp3) is 0.133. The van der Waals surface area contributed by atoms with E-state index in [1.54, 1.807) is 0 Å². The third kappa shape index (κ3) is 3.14. The Morgan fingerprint density at radius 2 is 1.91 bits per heavy atom. The molecule has 3 aromatic rings. The monoisotopic (exact) mass is 295 g/mol. The van der Waals surface area contributed by atoms with Crippen molar-refractivity contribution in [3.63, 3.8) is 0 Å². The molecule has 7 heteroatoms. The van der Waals surface area contributed by atoms with Crippen molar-refractivity contribution >= 4 is 11.6 Å². The highest BCUT2D eigenvalue weighted by Crippen LogP contribution is 2.08. The number of aromatic amines is 1. The molecule has 2 heterocycles. The number of nitrogens with one attached hydrogen (secondary N) is 1. The first kappa shape index (κ1) is 13.9. The van der Waals surface area contributed by atoms with Gasteiger partial charge in [0.1, 0.15) is 0 Å². The van der Waals surface area contributed by atoms with Crippen molar-refractivity contribution in [2.45, 2.75) is 13.0 Å². The molecule has 22 heavy (non-hydrogen) atoms. The SMILES string of the molecule is O=C(Cc1ccn(Cc2ccccc2)c1)C(=O)c1nn[nH]n1. The molecule has 0 unspecified atom stereocenters. The van der Waals surface area contributed by atoms with Crippen LogP contribution in [0.2, 0.25) is 0 Å². The summed E-state index contributed by atoms with van der Waals surface area (Å²) in [5.74, 6) is -1.49. The topological polar surface area (TPSA) is 93.5 Å². The largest absolute Gasteiger partial charge is 0.350 e. The predicted octanol–water partition coefficient (Wildman–Crippen LogP) is 1.04. The van der Waals surface area contributed by atoms with Crippen LogP contribution < -0.4 is 0 Å². The summed E-state index contributed by atoms with van der Waals surface area (Å²) in [6.45, 7) is 0.716. The van der Waals surface area contributed by atoms with Crippen LogP contribution in [-0.2, 0) is 17.8 Å². The summed E-state index contributed by atoms with van der Waals surface area (Å²) in [4.78, 5) is 23.7. The zero-order chi connectivity index (χ0) is 15.4. The molecule has 0 atom stereocenters. The molecule has 0 saturated heterocycles. The molecule has 0 fully saturated rings. The summed E-state index contributed by atoms with van der Waals surface area (Å²) in [6.07, 6.45) is 3.76. The van der Waals surface area contributed by atoms with Crippen molar-refractivity contribution in [1.29, 1.82) is 0 Å². The summed E-state index contributed by atoms with van der Waals surface area (Å²) in [5, 5.41) is 12.5. The van der Waals surface area contributed by atoms with E-state index in [1.165, 1.54) is 5.56 Å². The number of tetrazole rings is 1. The smallest absolute Gasteiger partial charge is 0.269 e. The highest BCUT2D eigenvalue weighted by Gasteiger charge is 2.20. The van der Waals surface area contributed by atoms with Gasteiger partial charge in [-0.1, -0.05) is 30.3 Å². The normalized spacial score (nSPS) is 10.5. The standard InChI is InChI=1S/C15H13N5O2/c21-13(14(22)15-16-18-19-17-15)8-12-6-7-20(10-12)9-11-4-2-1-3-5-11/h1-7,10H,8-9H2,(H,16,17,18,19). The predicted molar refractivity (Wildman–Crippen MR) is 77.2 cm³/mol. The van der Waals surface area contributed by atoms with Gasteiger partial charge in [0.15, 0.2) is 0 Å². The van der Waals surface area contributed by atoms with Crippen LogP contribution in [0.5, 0.6) is 0 Å². The molecule has 7 nitrogen and oxygen atoms in total. The minimum atomic E-state index is -0.732. The second-order valence-electron chi connectivity index (χ2n) is 4.84. The molecule has 1 N–H and O–H groups in total. The molecule has 0 amide bonds. The van der Waals surface area contributed by atoms with Crippen LogP contribution in [0.15, 0.2) is 48.8 Å². The summed E-state index contributed by atoms with van der Waals surface area (Å²) in [7, 11) is 0. The van der Waals surface area contributed by atoms with Gasteiger partial charge in [0.2, 0.25) is 11.6 Å². The molecule has 3 rings (SSSR count). The summed E-state index contributed by atoms with van der Waals surface area (Å²) in [5.41, 5.74) is 1.94. The van der Waals surface area contributed by atoms with E-state index in [-0.39, 0.29) is 12.2 Å². The average Bonchev–Trinajstić information content (AvgIpc) is 3.19. The van der Waals surface area contributed by atoms with Crippen LogP contribution >= 0.6 is 0 Å². The van der Waals surface area contributed by atoms with E-state index in [2.05, 4.69) is 20.6 Å². The fourth-order valence-corrected chi connectivity index (χ4v) is 2.14. The van der Waals surface area contributed by atoms with E-state index < -0.39 is 11.6 Å². The molecular formula is C15H13N5O2. The lowest BCUT2D eigenvalue weighted by Gasteiger charge is -2.02. The minimum Gasteiger partial charge on any atom is -0.350 e. The number of carbonyl (C=O) groups is 2. The molecule has 110 valence electrons. The number of hydrogen-bond donors (Lipinski definition) is 1. The van der Waals surface area contributed by atoms with Crippen molar-refractivity contribution in [1.82, 2.24) is 25.2 Å². The lowest BCUT2D eigenvalue weighted by molar-refractivity contribution is -0.114. The van der Waals surface area contributed by atoms with Crippen LogP contribution in [0.4, 0.5) is 0 Å². The van der Waals surface area contributed by atoms with Crippen molar-refractivity contribution in [3.8, 4) is 0 Å². The van der Waals surface area contributed by atoms with E-state index in [0.29, 0.717) is 6.54 Å². The lowest BCUT2D eigenvalue weighted by Crippen LogP contribution is -2.18. The van der Waals surface area contributed by atoms with Crippen molar-refractivity contribution < 1.29 is 9.59 Å². The Morgan fingerprint density at radius 1 is 1.09 bits per heavy atom. The summed E-state index contributed by atoms with van der Waals surface area (Å²) >= 11 is 0. The van der Waals surface area contributed by atoms with E-state index in [1.807, 2.05) is 53.4 Å².